The van der Waals surface area contributed by atoms with Gasteiger partial charge in [0.2, 0.25) is 6.23 Å². The van der Waals surface area contributed by atoms with Crippen LogP contribution in [-0.2, 0) is 9.53 Å². The highest BCUT2D eigenvalue weighted by Gasteiger charge is 2.28. The Morgan fingerprint density at radius 2 is 2.25 bits per heavy atom. The first-order valence-electron chi connectivity index (χ1n) is 5.03. The molecule has 0 bridgehead atoms. The molecule has 2 rings (SSSR count). The van der Waals surface area contributed by atoms with E-state index in [0.29, 0.717) is 18.6 Å². The summed E-state index contributed by atoms with van der Waals surface area (Å²) in [4.78, 5) is 10.7. The lowest BCUT2D eigenvalue weighted by atomic mass is 10.0. The third-order valence-corrected chi connectivity index (χ3v) is 2.55. The number of carboxylic acids is 1. The van der Waals surface area contributed by atoms with Crippen molar-refractivity contribution in [2.75, 3.05) is 6.61 Å². The first kappa shape index (κ1) is 11.0. The molecule has 1 saturated heterocycles. The lowest BCUT2D eigenvalue weighted by Gasteiger charge is -2.29. The van der Waals surface area contributed by atoms with Gasteiger partial charge in [-0.25, -0.2) is 9.18 Å². The number of nitrogens with one attached hydrogen (secondary N) is 1. The molecule has 0 radical (unpaired) electrons. The number of carbonyl (C=O) groups is 1. The van der Waals surface area contributed by atoms with Crippen molar-refractivity contribution in [1.29, 1.82) is 0 Å². The topological polar surface area (TPSA) is 58.6 Å². The summed E-state index contributed by atoms with van der Waals surface area (Å²) in [7, 11) is 0. The molecule has 5 heteroatoms. The molecule has 16 heavy (non-hydrogen) atoms. The van der Waals surface area contributed by atoms with Crippen molar-refractivity contribution in [2.24, 2.45) is 0 Å². The number of carboxylic acid groups (broad SMARTS) is 1. The molecule has 4 nitrogen and oxygen atoms in total. The van der Waals surface area contributed by atoms with Crippen LogP contribution in [0.3, 0.4) is 0 Å². The van der Waals surface area contributed by atoms with Crippen molar-refractivity contribution in [3.8, 4) is 0 Å². The molecule has 2 unspecified atom stereocenters. The van der Waals surface area contributed by atoms with Crippen LogP contribution < -0.4 is 5.32 Å². The van der Waals surface area contributed by atoms with E-state index in [9.17, 15) is 9.18 Å². The first-order valence-corrected chi connectivity index (χ1v) is 5.03. The van der Waals surface area contributed by atoms with E-state index < -0.39 is 12.2 Å². The Balaban J connectivity index is 2.16. The van der Waals surface area contributed by atoms with E-state index in [-0.39, 0.29) is 11.9 Å². The number of aliphatic carboxylic acids is 1. The lowest BCUT2D eigenvalue weighted by molar-refractivity contribution is -0.157. The van der Waals surface area contributed by atoms with Crippen LogP contribution in [0, 0.1) is 5.82 Å². The highest BCUT2D eigenvalue weighted by molar-refractivity contribution is 5.72. The molecular formula is C11H12FNO3. The molecule has 1 aliphatic rings. The van der Waals surface area contributed by atoms with E-state index in [1.54, 1.807) is 18.2 Å². The maximum atomic E-state index is 13.5. The van der Waals surface area contributed by atoms with E-state index >= 15 is 0 Å². The predicted molar refractivity (Wildman–Crippen MR) is 54.3 cm³/mol. The molecule has 1 aliphatic heterocycles. The zero-order valence-corrected chi connectivity index (χ0v) is 8.52. The van der Waals surface area contributed by atoms with Crippen molar-refractivity contribution in [3.05, 3.63) is 35.6 Å². The van der Waals surface area contributed by atoms with Gasteiger partial charge in [-0.05, 0) is 12.5 Å². The fraction of sp³-hybridized carbons (Fsp3) is 0.364. The van der Waals surface area contributed by atoms with Gasteiger partial charge in [0.05, 0.1) is 6.61 Å². The normalized spacial score (nSPS) is 25.3. The fourth-order valence-corrected chi connectivity index (χ4v) is 1.76. The third kappa shape index (κ3) is 2.20. The van der Waals surface area contributed by atoms with Gasteiger partial charge in [-0.15, -0.1) is 0 Å². The quantitative estimate of drug-likeness (QED) is 0.796. The Kier molecular flexibility index (Phi) is 3.17. The highest BCUT2D eigenvalue weighted by atomic mass is 19.1. The summed E-state index contributed by atoms with van der Waals surface area (Å²) in [5.41, 5.74) is 0.483. The maximum Gasteiger partial charge on any atom is 0.348 e. The third-order valence-electron chi connectivity index (χ3n) is 2.55. The molecule has 0 amide bonds. The van der Waals surface area contributed by atoms with Crippen molar-refractivity contribution in [2.45, 2.75) is 18.7 Å². The Morgan fingerprint density at radius 1 is 1.50 bits per heavy atom. The molecular weight excluding hydrogens is 213 g/mol. The van der Waals surface area contributed by atoms with Gasteiger partial charge in [0.15, 0.2) is 0 Å². The van der Waals surface area contributed by atoms with Crippen LogP contribution in [0.1, 0.15) is 18.0 Å². The second-order valence-corrected chi connectivity index (χ2v) is 3.62. The van der Waals surface area contributed by atoms with E-state index in [0.717, 1.165) is 0 Å². The van der Waals surface area contributed by atoms with Gasteiger partial charge < -0.3 is 9.84 Å². The van der Waals surface area contributed by atoms with E-state index in [1.807, 2.05) is 0 Å². The smallest absolute Gasteiger partial charge is 0.348 e. The van der Waals surface area contributed by atoms with Crippen LogP contribution in [-0.4, -0.2) is 23.9 Å². The van der Waals surface area contributed by atoms with Crippen LogP contribution in [0.25, 0.3) is 0 Å². The summed E-state index contributed by atoms with van der Waals surface area (Å²) in [6, 6.07) is 6.04. The summed E-state index contributed by atoms with van der Waals surface area (Å²) < 4.78 is 18.5. The molecule has 0 aliphatic carbocycles. The minimum Gasteiger partial charge on any atom is -0.478 e. The van der Waals surface area contributed by atoms with Crippen LogP contribution in [0.5, 0.6) is 0 Å². The molecule has 1 aromatic rings. The zero-order chi connectivity index (χ0) is 11.5. The average Bonchev–Trinajstić information content (AvgIpc) is 2.30. The standard InChI is InChI=1S/C11H12FNO3/c12-8-4-2-1-3-7(8)9-5-6-16-10(13-9)11(14)15/h1-4,9-10,13H,5-6H2,(H,14,15). The summed E-state index contributed by atoms with van der Waals surface area (Å²) in [6.07, 6.45) is -0.497. The van der Waals surface area contributed by atoms with Crippen molar-refractivity contribution in [3.63, 3.8) is 0 Å². The SMILES string of the molecule is O=C(O)C1NC(c2ccccc2F)CCO1. The van der Waals surface area contributed by atoms with Gasteiger partial charge in [-0.1, -0.05) is 18.2 Å². The Labute approximate surface area is 92.0 Å². The Bertz CT molecular complexity index is 397. The lowest BCUT2D eigenvalue weighted by Crippen LogP contribution is -2.45. The Morgan fingerprint density at radius 3 is 2.94 bits per heavy atom. The van der Waals surface area contributed by atoms with Crippen LogP contribution in [0.4, 0.5) is 4.39 Å². The summed E-state index contributed by atoms with van der Waals surface area (Å²) in [5, 5.41) is 11.5. The monoisotopic (exact) mass is 225 g/mol. The number of benzene rings is 1. The summed E-state index contributed by atoms with van der Waals surface area (Å²) in [5.74, 6) is -1.41. The van der Waals surface area contributed by atoms with Gasteiger partial charge in [-0.3, -0.25) is 5.32 Å². The van der Waals surface area contributed by atoms with E-state index in [2.05, 4.69) is 5.32 Å². The largest absolute Gasteiger partial charge is 0.478 e. The van der Waals surface area contributed by atoms with Gasteiger partial charge in [0.1, 0.15) is 5.82 Å². The minimum atomic E-state index is -1.08. The summed E-state index contributed by atoms with van der Waals surface area (Å²) >= 11 is 0. The first-order chi connectivity index (χ1) is 7.68. The van der Waals surface area contributed by atoms with Gasteiger partial charge in [0.25, 0.3) is 0 Å². The Hall–Kier alpha value is -1.46. The number of hydrogen-bond donors (Lipinski definition) is 2. The second-order valence-electron chi connectivity index (χ2n) is 3.62. The molecule has 86 valence electrons. The molecule has 0 spiro atoms. The highest BCUT2D eigenvalue weighted by Crippen LogP contribution is 2.23. The average molecular weight is 225 g/mol. The van der Waals surface area contributed by atoms with Gasteiger partial charge in [-0.2, -0.15) is 0 Å². The molecule has 1 aromatic carbocycles. The van der Waals surface area contributed by atoms with Crippen LogP contribution in [0.2, 0.25) is 0 Å². The van der Waals surface area contributed by atoms with Crippen molar-refractivity contribution >= 4 is 5.97 Å². The minimum absolute atomic E-state index is 0.308. The number of halogens is 1. The van der Waals surface area contributed by atoms with Crippen molar-refractivity contribution in [1.82, 2.24) is 5.32 Å². The van der Waals surface area contributed by atoms with E-state index in [4.69, 9.17) is 9.84 Å². The predicted octanol–water partition coefficient (Wildman–Crippen LogP) is 1.29. The van der Waals surface area contributed by atoms with Gasteiger partial charge >= 0.3 is 5.97 Å². The second kappa shape index (κ2) is 4.59. The molecule has 0 saturated carbocycles. The summed E-state index contributed by atoms with van der Waals surface area (Å²) in [6.45, 7) is 0.308. The molecule has 1 fully saturated rings. The molecule has 2 atom stereocenters. The number of hydrogen-bond acceptors (Lipinski definition) is 3. The van der Waals surface area contributed by atoms with Gasteiger partial charge in [0, 0.05) is 11.6 Å². The van der Waals surface area contributed by atoms with E-state index in [1.165, 1.54) is 6.07 Å². The number of ether oxygens (including phenoxy) is 1. The molecule has 1 heterocycles. The van der Waals surface area contributed by atoms with Crippen molar-refractivity contribution < 1.29 is 19.0 Å². The van der Waals surface area contributed by atoms with Crippen LogP contribution in [0.15, 0.2) is 24.3 Å². The molecule has 0 aromatic heterocycles. The number of rotatable bonds is 2. The maximum absolute atomic E-state index is 13.5. The molecule has 2 N–H and O–H groups in total. The fourth-order valence-electron chi connectivity index (χ4n) is 1.76. The van der Waals surface area contributed by atoms with Crippen LogP contribution >= 0.6 is 0 Å². The zero-order valence-electron chi connectivity index (χ0n) is 8.52.